The van der Waals surface area contributed by atoms with E-state index in [2.05, 4.69) is 10.6 Å². The number of alkyl halides is 3. The van der Waals surface area contributed by atoms with E-state index in [1.54, 1.807) is 42.5 Å². The van der Waals surface area contributed by atoms with Gasteiger partial charge < -0.3 is 10.6 Å². The number of rotatable bonds is 8. The summed E-state index contributed by atoms with van der Waals surface area (Å²) in [6.07, 6.45) is -2.89. The minimum atomic E-state index is -4.53. The Bertz CT molecular complexity index is 1460. The molecule has 0 bridgehead atoms. The van der Waals surface area contributed by atoms with Gasteiger partial charge >= 0.3 is 6.18 Å². The minimum absolute atomic E-state index is 0.0125. The Balaban J connectivity index is 1.36. The molecule has 2 unspecified atom stereocenters. The lowest BCUT2D eigenvalue weighted by atomic mass is 9.94. The topological polar surface area (TPSA) is 118 Å². The number of hydrogen-bond acceptors (Lipinski definition) is 4. The van der Waals surface area contributed by atoms with E-state index in [1.165, 1.54) is 24.3 Å². The predicted octanol–water partition coefficient (Wildman–Crippen LogP) is 4.37. The van der Waals surface area contributed by atoms with Crippen molar-refractivity contribution in [3.63, 3.8) is 0 Å². The predicted molar refractivity (Wildman–Crippen MR) is 139 cm³/mol. The molecule has 206 valence electrons. The Labute approximate surface area is 224 Å². The van der Waals surface area contributed by atoms with Crippen LogP contribution in [0.3, 0.4) is 0 Å². The summed E-state index contributed by atoms with van der Waals surface area (Å²) in [6.45, 7) is -0.0833. The van der Waals surface area contributed by atoms with Gasteiger partial charge in [0.25, 0.3) is 0 Å². The molecule has 0 spiro atoms. The smallest absolute Gasteiger partial charge is 0.352 e. The number of nitrogens with two attached hydrogens (primary N) is 1. The quantitative estimate of drug-likeness (QED) is 0.380. The number of amides is 2. The minimum Gasteiger partial charge on any atom is -0.352 e. The Morgan fingerprint density at radius 3 is 2.00 bits per heavy atom. The van der Waals surface area contributed by atoms with E-state index < -0.39 is 39.5 Å². The fourth-order valence-electron chi connectivity index (χ4n) is 4.93. The van der Waals surface area contributed by atoms with Gasteiger partial charge in [-0.15, -0.1) is 0 Å². The lowest BCUT2D eigenvalue weighted by Crippen LogP contribution is -2.39. The van der Waals surface area contributed by atoms with Crippen molar-refractivity contribution in [3.05, 3.63) is 89.5 Å². The van der Waals surface area contributed by atoms with E-state index in [-0.39, 0.29) is 29.5 Å². The molecule has 3 aromatic carbocycles. The number of primary sulfonamides is 1. The number of hydrogen-bond donors (Lipinski definition) is 3. The lowest BCUT2D eigenvalue weighted by molar-refractivity contribution is -0.138. The SMILES string of the molecule is NS(=O)(=O)c1ccccc1-c1ccc(CNC(=O)C2CCCC2C(=O)NCc2ccccc2C(F)(F)F)cc1. The number of carbonyl (C=O) groups excluding carboxylic acids is 2. The highest BCUT2D eigenvalue weighted by atomic mass is 32.2. The van der Waals surface area contributed by atoms with Gasteiger partial charge in [0.1, 0.15) is 0 Å². The van der Waals surface area contributed by atoms with E-state index in [4.69, 9.17) is 5.14 Å². The summed E-state index contributed by atoms with van der Waals surface area (Å²) in [6, 6.07) is 18.4. The molecule has 39 heavy (non-hydrogen) atoms. The molecule has 2 amide bonds. The van der Waals surface area contributed by atoms with Crippen molar-refractivity contribution in [2.24, 2.45) is 17.0 Å². The van der Waals surface area contributed by atoms with Gasteiger partial charge in [0, 0.05) is 30.5 Å². The first-order valence-electron chi connectivity index (χ1n) is 12.4. The first kappa shape index (κ1) is 28.3. The molecule has 0 aliphatic heterocycles. The van der Waals surface area contributed by atoms with Crippen LogP contribution in [0.2, 0.25) is 0 Å². The Hall–Kier alpha value is -3.70. The van der Waals surface area contributed by atoms with Gasteiger partial charge in [-0.05, 0) is 41.7 Å². The van der Waals surface area contributed by atoms with Gasteiger partial charge in [0.05, 0.1) is 10.5 Å². The van der Waals surface area contributed by atoms with Crippen LogP contribution in [-0.4, -0.2) is 20.2 Å². The van der Waals surface area contributed by atoms with Crippen molar-refractivity contribution >= 4 is 21.8 Å². The maximum atomic E-state index is 13.2. The van der Waals surface area contributed by atoms with Crippen molar-refractivity contribution in [2.45, 2.75) is 43.4 Å². The third-order valence-corrected chi connectivity index (χ3v) is 7.86. The van der Waals surface area contributed by atoms with Gasteiger partial charge in [-0.2, -0.15) is 13.2 Å². The number of carbonyl (C=O) groups is 2. The monoisotopic (exact) mass is 559 g/mol. The van der Waals surface area contributed by atoms with E-state index >= 15 is 0 Å². The number of benzene rings is 3. The lowest BCUT2D eigenvalue weighted by Gasteiger charge is -2.20. The first-order chi connectivity index (χ1) is 18.4. The zero-order valence-electron chi connectivity index (χ0n) is 20.9. The second-order valence-corrected chi connectivity index (χ2v) is 11.0. The van der Waals surface area contributed by atoms with E-state index in [1.807, 2.05) is 0 Å². The average molecular weight is 560 g/mol. The average Bonchev–Trinajstić information content (AvgIpc) is 3.40. The van der Waals surface area contributed by atoms with Crippen LogP contribution in [0, 0.1) is 11.8 Å². The third-order valence-electron chi connectivity index (χ3n) is 6.89. The zero-order chi connectivity index (χ0) is 28.2. The Morgan fingerprint density at radius 1 is 0.821 bits per heavy atom. The summed E-state index contributed by atoms with van der Waals surface area (Å²) in [5.74, 6) is -1.95. The largest absolute Gasteiger partial charge is 0.416 e. The van der Waals surface area contributed by atoms with Crippen molar-refractivity contribution < 1.29 is 31.2 Å². The van der Waals surface area contributed by atoms with Crippen LogP contribution in [0.15, 0.2) is 77.7 Å². The van der Waals surface area contributed by atoms with E-state index in [0.29, 0.717) is 30.4 Å². The molecule has 7 nitrogen and oxygen atoms in total. The fourth-order valence-corrected chi connectivity index (χ4v) is 5.69. The number of nitrogens with one attached hydrogen (secondary N) is 2. The number of halogens is 3. The van der Waals surface area contributed by atoms with Gasteiger partial charge in [-0.25, -0.2) is 13.6 Å². The molecule has 2 atom stereocenters. The second-order valence-electron chi connectivity index (χ2n) is 9.47. The van der Waals surface area contributed by atoms with E-state index in [0.717, 1.165) is 11.6 Å². The maximum absolute atomic E-state index is 13.2. The molecule has 1 aliphatic carbocycles. The molecule has 0 saturated heterocycles. The molecule has 11 heteroatoms. The van der Waals surface area contributed by atoms with Gasteiger partial charge in [0.15, 0.2) is 0 Å². The summed E-state index contributed by atoms with van der Waals surface area (Å²) < 4.78 is 63.5. The highest BCUT2D eigenvalue weighted by Crippen LogP contribution is 2.34. The van der Waals surface area contributed by atoms with Gasteiger partial charge in [-0.1, -0.05) is 67.1 Å². The summed E-state index contributed by atoms with van der Waals surface area (Å²) in [4.78, 5) is 25.7. The van der Waals surface area contributed by atoms with Crippen LogP contribution < -0.4 is 15.8 Å². The van der Waals surface area contributed by atoms with Crippen molar-refractivity contribution in [3.8, 4) is 11.1 Å². The normalized spacial score (nSPS) is 17.5. The van der Waals surface area contributed by atoms with Crippen molar-refractivity contribution in [2.75, 3.05) is 0 Å². The van der Waals surface area contributed by atoms with Crippen LogP contribution >= 0.6 is 0 Å². The molecule has 1 saturated carbocycles. The van der Waals surface area contributed by atoms with Crippen LogP contribution in [0.4, 0.5) is 13.2 Å². The molecular weight excluding hydrogens is 531 g/mol. The summed E-state index contributed by atoms with van der Waals surface area (Å²) in [7, 11) is -3.90. The molecular formula is C28H28F3N3O4S. The molecule has 1 fully saturated rings. The summed E-state index contributed by atoms with van der Waals surface area (Å²) in [5, 5.41) is 10.7. The van der Waals surface area contributed by atoms with Gasteiger partial charge in [0.2, 0.25) is 21.8 Å². The third kappa shape index (κ3) is 6.85. The number of sulfonamides is 1. The fraction of sp³-hybridized carbons (Fsp3) is 0.286. The van der Waals surface area contributed by atoms with E-state index in [9.17, 15) is 31.2 Å². The molecule has 0 radical (unpaired) electrons. The van der Waals surface area contributed by atoms with Crippen molar-refractivity contribution in [1.82, 2.24) is 10.6 Å². The molecule has 4 rings (SSSR count). The van der Waals surface area contributed by atoms with Crippen LogP contribution in [0.25, 0.3) is 11.1 Å². The highest BCUT2D eigenvalue weighted by Gasteiger charge is 2.38. The maximum Gasteiger partial charge on any atom is 0.416 e. The van der Waals surface area contributed by atoms with Crippen LogP contribution in [0.5, 0.6) is 0 Å². The molecule has 0 heterocycles. The second kappa shape index (κ2) is 11.6. The molecule has 0 aromatic heterocycles. The Kier molecular flexibility index (Phi) is 8.41. The van der Waals surface area contributed by atoms with Crippen LogP contribution in [0.1, 0.15) is 36.0 Å². The van der Waals surface area contributed by atoms with Crippen molar-refractivity contribution in [1.29, 1.82) is 0 Å². The molecule has 3 aromatic rings. The van der Waals surface area contributed by atoms with Crippen LogP contribution in [-0.2, 0) is 38.9 Å². The summed E-state index contributed by atoms with van der Waals surface area (Å²) in [5.41, 5.74) is 1.04. The summed E-state index contributed by atoms with van der Waals surface area (Å²) >= 11 is 0. The van der Waals surface area contributed by atoms with Gasteiger partial charge in [-0.3, -0.25) is 9.59 Å². The molecule has 4 N–H and O–H groups in total. The highest BCUT2D eigenvalue weighted by molar-refractivity contribution is 7.89. The zero-order valence-corrected chi connectivity index (χ0v) is 21.7. The molecule has 1 aliphatic rings. The first-order valence-corrected chi connectivity index (χ1v) is 13.9. The standard InChI is InChI=1S/C28H28F3N3O4S/c29-28(30,31)24-10-3-1-6-20(24)17-34-27(36)23-9-5-8-22(23)26(35)33-16-18-12-14-19(15-13-18)21-7-2-4-11-25(21)39(32,37)38/h1-4,6-7,10-15,22-23H,5,8-9,16-17H2,(H,33,35)(H,34,36)(H2,32,37,38). The Morgan fingerprint density at radius 2 is 1.38 bits per heavy atom.